The topological polar surface area (TPSA) is 54.9 Å². The highest BCUT2D eigenvalue weighted by atomic mass is 16.2. The molecule has 1 heterocycles. The molecule has 0 aliphatic rings. The molecule has 0 aliphatic heterocycles. The summed E-state index contributed by atoms with van der Waals surface area (Å²) in [5.41, 5.74) is -0.0979. The van der Waals surface area contributed by atoms with Crippen molar-refractivity contribution in [3.63, 3.8) is 0 Å². The Labute approximate surface area is 69.5 Å². The van der Waals surface area contributed by atoms with E-state index in [2.05, 4.69) is 11.7 Å². The van der Waals surface area contributed by atoms with Gasteiger partial charge in [-0.3, -0.25) is 9.59 Å². The van der Waals surface area contributed by atoms with Crippen molar-refractivity contribution in [3.05, 3.63) is 34.8 Å². The van der Waals surface area contributed by atoms with E-state index < -0.39 is 0 Å². The summed E-state index contributed by atoms with van der Waals surface area (Å²) in [6.45, 7) is 5.25. The van der Waals surface area contributed by atoms with E-state index in [0.29, 0.717) is 6.54 Å². The lowest BCUT2D eigenvalue weighted by atomic mass is 10.2. The summed E-state index contributed by atoms with van der Waals surface area (Å²) in [5.74, 6) is -0.223. The van der Waals surface area contributed by atoms with Crippen LogP contribution < -0.4 is 5.56 Å². The first kappa shape index (κ1) is 8.52. The number of nitrogens with zero attached hydrogens (tertiary/aromatic N) is 1. The summed E-state index contributed by atoms with van der Waals surface area (Å²) >= 11 is 0. The average molecular weight is 166 g/mol. The maximum atomic E-state index is 11.3. The van der Waals surface area contributed by atoms with Crippen LogP contribution in [0.4, 0.5) is 0 Å². The molecule has 12 heavy (non-hydrogen) atoms. The Bertz CT molecular complexity index is 359. The number of Topliss-reactive ketones (excluding diaryl/α,β-unsaturated/α-hetero) is 1. The van der Waals surface area contributed by atoms with Crippen molar-refractivity contribution in [3.8, 4) is 0 Å². The summed E-state index contributed by atoms with van der Waals surface area (Å²) in [6.07, 6.45) is 3.00. The van der Waals surface area contributed by atoms with Gasteiger partial charge in [-0.25, -0.2) is 4.68 Å². The van der Waals surface area contributed by atoms with E-state index in [1.54, 1.807) is 6.08 Å². The average Bonchev–Trinajstić information content (AvgIpc) is 2.34. The van der Waals surface area contributed by atoms with Crippen molar-refractivity contribution in [1.82, 2.24) is 9.78 Å². The Balaban J connectivity index is 3.13. The number of ketones is 1. The molecular weight excluding hydrogens is 156 g/mol. The Morgan fingerprint density at radius 2 is 2.50 bits per heavy atom. The van der Waals surface area contributed by atoms with Gasteiger partial charge in [0, 0.05) is 6.20 Å². The van der Waals surface area contributed by atoms with Crippen LogP contribution in [0.5, 0.6) is 0 Å². The summed E-state index contributed by atoms with van der Waals surface area (Å²) in [4.78, 5) is 22.1. The monoisotopic (exact) mass is 166 g/mol. The van der Waals surface area contributed by atoms with Gasteiger partial charge >= 0.3 is 0 Å². The first-order valence-corrected chi connectivity index (χ1v) is 3.57. The number of allylic oxidation sites excluding steroid dienone is 1. The summed E-state index contributed by atoms with van der Waals surface area (Å²) in [6, 6.07) is 0. The van der Waals surface area contributed by atoms with Gasteiger partial charge in [0.1, 0.15) is 5.56 Å². The molecule has 4 heteroatoms. The zero-order valence-corrected chi connectivity index (χ0v) is 6.83. The van der Waals surface area contributed by atoms with Crippen LogP contribution in [0.25, 0.3) is 0 Å². The Hall–Kier alpha value is -1.58. The lowest BCUT2D eigenvalue weighted by molar-refractivity contribution is 0.101. The van der Waals surface area contributed by atoms with E-state index >= 15 is 0 Å². The maximum Gasteiger partial charge on any atom is 0.277 e. The van der Waals surface area contributed by atoms with E-state index in [1.165, 1.54) is 17.8 Å². The summed E-state index contributed by atoms with van der Waals surface area (Å²) < 4.78 is 1.32. The van der Waals surface area contributed by atoms with E-state index in [4.69, 9.17) is 0 Å². The molecule has 1 aromatic rings. The maximum absolute atomic E-state index is 11.3. The first-order valence-electron chi connectivity index (χ1n) is 3.57. The third-order valence-electron chi connectivity index (χ3n) is 1.53. The first-order chi connectivity index (χ1) is 5.66. The fourth-order valence-corrected chi connectivity index (χ4v) is 0.925. The van der Waals surface area contributed by atoms with E-state index in [-0.39, 0.29) is 16.9 Å². The third-order valence-corrected chi connectivity index (χ3v) is 1.53. The van der Waals surface area contributed by atoms with Crippen LogP contribution in [0.2, 0.25) is 0 Å². The molecule has 1 N–H and O–H groups in total. The number of rotatable bonds is 3. The lowest BCUT2D eigenvalue weighted by Gasteiger charge is -1.91. The Morgan fingerprint density at radius 1 is 1.83 bits per heavy atom. The molecule has 0 aliphatic carbocycles. The van der Waals surface area contributed by atoms with Crippen LogP contribution in [0.1, 0.15) is 17.3 Å². The molecule has 0 saturated heterocycles. The highest BCUT2D eigenvalue weighted by Crippen LogP contribution is 1.90. The standard InChI is InChI=1S/C8H10N2O2/c1-3-4-10-8(12)7(5-9-10)6(2)11/h3,5,9H,1,4H2,2H3. The zero-order valence-electron chi connectivity index (χ0n) is 6.83. The molecule has 0 radical (unpaired) electrons. The largest absolute Gasteiger partial charge is 0.302 e. The molecule has 0 bridgehead atoms. The molecule has 0 atom stereocenters. The minimum atomic E-state index is -0.289. The lowest BCUT2D eigenvalue weighted by Crippen LogP contribution is -2.19. The number of hydrogen-bond donors (Lipinski definition) is 1. The number of hydrogen-bond acceptors (Lipinski definition) is 2. The second-order valence-electron chi connectivity index (χ2n) is 2.45. The van der Waals surface area contributed by atoms with Crippen molar-refractivity contribution in [2.24, 2.45) is 0 Å². The van der Waals surface area contributed by atoms with Gasteiger partial charge in [0.05, 0.1) is 6.54 Å². The van der Waals surface area contributed by atoms with Crippen molar-refractivity contribution >= 4 is 5.78 Å². The van der Waals surface area contributed by atoms with E-state index in [9.17, 15) is 9.59 Å². The highest BCUT2D eigenvalue weighted by molar-refractivity contribution is 5.93. The Morgan fingerprint density at radius 3 is 2.92 bits per heavy atom. The number of aromatic amines is 1. The molecule has 0 aromatic carbocycles. The van der Waals surface area contributed by atoms with E-state index in [1.807, 2.05) is 0 Å². The molecule has 0 amide bonds. The van der Waals surface area contributed by atoms with Crippen LogP contribution in [0.3, 0.4) is 0 Å². The second-order valence-corrected chi connectivity index (χ2v) is 2.45. The fourth-order valence-electron chi connectivity index (χ4n) is 0.925. The van der Waals surface area contributed by atoms with Gasteiger partial charge in [0.25, 0.3) is 5.56 Å². The number of carbonyl (C=O) groups is 1. The zero-order chi connectivity index (χ0) is 9.14. The molecule has 1 rings (SSSR count). The molecule has 1 aromatic heterocycles. The Kier molecular flexibility index (Phi) is 2.28. The van der Waals surface area contributed by atoms with Crippen LogP contribution in [-0.4, -0.2) is 15.6 Å². The van der Waals surface area contributed by atoms with Gasteiger partial charge < -0.3 is 5.10 Å². The number of aromatic nitrogens is 2. The highest BCUT2D eigenvalue weighted by Gasteiger charge is 2.08. The molecule has 64 valence electrons. The van der Waals surface area contributed by atoms with Gasteiger partial charge in [-0.2, -0.15) is 0 Å². The summed E-state index contributed by atoms with van der Waals surface area (Å²) in [7, 11) is 0. The summed E-state index contributed by atoms with van der Waals surface area (Å²) in [5, 5.41) is 2.67. The van der Waals surface area contributed by atoms with Gasteiger partial charge in [-0.1, -0.05) is 6.08 Å². The third kappa shape index (κ3) is 1.37. The molecule has 4 nitrogen and oxygen atoms in total. The van der Waals surface area contributed by atoms with Gasteiger partial charge in [0.15, 0.2) is 5.78 Å². The minimum Gasteiger partial charge on any atom is -0.302 e. The fraction of sp³-hybridized carbons (Fsp3) is 0.250. The molecule has 0 saturated carbocycles. The van der Waals surface area contributed by atoms with Crippen molar-refractivity contribution in [1.29, 1.82) is 0 Å². The predicted molar refractivity (Wildman–Crippen MR) is 45.3 cm³/mol. The van der Waals surface area contributed by atoms with Crippen molar-refractivity contribution in [2.75, 3.05) is 0 Å². The number of H-pyrrole nitrogens is 1. The normalized spacial score (nSPS) is 9.75. The second kappa shape index (κ2) is 3.21. The van der Waals surface area contributed by atoms with Gasteiger partial charge in [0.2, 0.25) is 0 Å². The van der Waals surface area contributed by atoms with Gasteiger partial charge in [-0.15, -0.1) is 6.58 Å². The molecule has 0 unspecified atom stereocenters. The quantitative estimate of drug-likeness (QED) is 0.527. The molecule has 0 fully saturated rings. The van der Waals surface area contributed by atoms with Crippen LogP contribution in [-0.2, 0) is 6.54 Å². The number of carbonyl (C=O) groups excluding carboxylic acids is 1. The van der Waals surface area contributed by atoms with E-state index in [0.717, 1.165) is 0 Å². The smallest absolute Gasteiger partial charge is 0.277 e. The van der Waals surface area contributed by atoms with Crippen LogP contribution in [0, 0.1) is 0 Å². The minimum absolute atomic E-state index is 0.192. The van der Waals surface area contributed by atoms with Crippen molar-refractivity contribution in [2.45, 2.75) is 13.5 Å². The van der Waals surface area contributed by atoms with Crippen LogP contribution in [0.15, 0.2) is 23.6 Å². The van der Waals surface area contributed by atoms with Gasteiger partial charge in [-0.05, 0) is 6.92 Å². The molecular formula is C8H10N2O2. The van der Waals surface area contributed by atoms with Crippen molar-refractivity contribution < 1.29 is 4.79 Å². The SMILES string of the molecule is C=CCn1[nH]cc(C(C)=O)c1=O. The number of nitrogens with one attached hydrogen (secondary N) is 1. The molecule has 0 spiro atoms. The van der Waals surface area contributed by atoms with Crippen LogP contribution >= 0.6 is 0 Å². The predicted octanol–water partition coefficient (Wildman–Crippen LogP) is 0.565.